The summed E-state index contributed by atoms with van der Waals surface area (Å²) < 4.78 is 5.25. The molecule has 6 nitrogen and oxygen atoms in total. The Labute approximate surface area is 160 Å². The molecule has 0 radical (unpaired) electrons. The number of carbonyl (C=O) groups excluding carboxylic acids is 1. The van der Waals surface area contributed by atoms with E-state index in [1.807, 2.05) is 44.2 Å². The molecule has 0 saturated heterocycles. The van der Waals surface area contributed by atoms with E-state index in [1.165, 1.54) is 17.6 Å². The molecule has 7 heteroatoms. The lowest BCUT2D eigenvalue weighted by molar-refractivity contribution is -0.136. The van der Waals surface area contributed by atoms with Crippen LogP contribution in [0.15, 0.2) is 41.0 Å². The summed E-state index contributed by atoms with van der Waals surface area (Å²) in [6.07, 6.45) is 1.08. The van der Waals surface area contributed by atoms with Crippen molar-refractivity contribution in [2.24, 2.45) is 0 Å². The highest BCUT2D eigenvalue weighted by molar-refractivity contribution is 7.15. The number of hydrogen-bond donors (Lipinski definition) is 2. The average Bonchev–Trinajstić information content (AvgIpc) is 3.18. The van der Waals surface area contributed by atoms with Crippen LogP contribution in [-0.4, -0.2) is 22.0 Å². The van der Waals surface area contributed by atoms with E-state index >= 15 is 0 Å². The Morgan fingerprint density at radius 3 is 2.63 bits per heavy atom. The van der Waals surface area contributed by atoms with Crippen LogP contribution in [0.25, 0.3) is 10.6 Å². The molecule has 0 bridgehead atoms. The second kappa shape index (κ2) is 7.75. The molecule has 0 aliphatic carbocycles. The van der Waals surface area contributed by atoms with E-state index in [4.69, 9.17) is 9.52 Å². The molecular weight excluding hydrogens is 364 g/mol. The van der Waals surface area contributed by atoms with Crippen LogP contribution in [0.3, 0.4) is 0 Å². The minimum Gasteiger partial charge on any atom is -0.481 e. The maximum atomic E-state index is 12.7. The highest BCUT2D eigenvalue weighted by atomic mass is 32.1. The minimum atomic E-state index is -1.04. The van der Waals surface area contributed by atoms with Crippen molar-refractivity contribution < 1.29 is 19.1 Å². The zero-order valence-corrected chi connectivity index (χ0v) is 16.1. The summed E-state index contributed by atoms with van der Waals surface area (Å²) in [7, 11) is 0. The predicted molar refractivity (Wildman–Crippen MR) is 103 cm³/mol. The minimum absolute atomic E-state index is 0.163. The van der Waals surface area contributed by atoms with Gasteiger partial charge in [0.05, 0.1) is 28.4 Å². The van der Waals surface area contributed by atoms with Gasteiger partial charge in [-0.3, -0.25) is 9.59 Å². The van der Waals surface area contributed by atoms with E-state index in [1.54, 1.807) is 6.92 Å². The third-order valence-corrected chi connectivity index (χ3v) is 5.57. The van der Waals surface area contributed by atoms with Gasteiger partial charge in [0.15, 0.2) is 0 Å². The Balaban J connectivity index is 1.81. The number of furan rings is 1. The van der Waals surface area contributed by atoms with E-state index in [2.05, 4.69) is 10.3 Å². The second-order valence-corrected chi connectivity index (χ2v) is 7.35. The van der Waals surface area contributed by atoms with Gasteiger partial charge in [-0.25, -0.2) is 4.98 Å². The number of aliphatic carboxylic acids is 1. The summed E-state index contributed by atoms with van der Waals surface area (Å²) in [4.78, 5) is 29.3. The van der Waals surface area contributed by atoms with Gasteiger partial charge in [0.25, 0.3) is 5.91 Å². The molecule has 2 N–H and O–H groups in total. The molecule has 3 rings (SSSR count). The van der Waals surface area contributed by atoms with Crippen molar-refractivity contribution in [1.82, 2.24) is 10.3 Å². The molecule has 140 valence electrons. The zero-order valence-electron chi connectivity index (χ0n) is 15.3. The lowest BCUT2D eigenvalue weighted by atomic mass is 10.1. The Morgan fingerprint density at radius 1 is 1.26 bits per heavy atom. The van der Waals surface area contributed by atoms with Crippen LogP contribution in [0.1, 0.15) is 45.2 Å². The van der Waals surface area contributed by atoms with Gasteiger partial charge in [0, 0.05) is 11.1 Å². The number of aromatic nitrogens is 1. The Morgan fingerprint density at radius 2 is 1.96 bits per heavy atom. The normalized spacial score (nSPS) is 12.0. The van der Waals surface area contributed by atoms with Gasteiger partial charge in [-0.15, -0.1) is 11.3 Å². The molecule has 1 atom stereocenters. The highest BCUT2D eigenvalue weighted by Gasteiger charge is 2.23. The van der Waals surface area contributed by atoms with Gasteiger partial charge < -0.3 is 14.8 Å². The first-order valence-corrected chi connectivity index (χ1v) is 9.30. The van der Waals surface area contributed by atoms with Crippen molar-refractivity contribution in [2.45, 2.75) is 33.2 Å². The number of hydrogen-bond acceptors (Lipinski definition) is 5. The maximum absolute atomic E-state index is 12.7. The van der Waals surface area contributed by atoms with Gasteiger partial charge in [-0.1, -0.05) is 30.3 Å². The molecule has 1 aromatic carbocycles. The van der Waals surface area contributed by atoms with Gasteiger partial charge in [-0.2, -0.15) is 0 Å². The number of nitrogens with zero attached hydrogens (tertiary/aromatic N) is 1. The lowest BCUT2D eigenvalue weighted by Crippen LogP contribution is -2.27. The number of carboxylic acids is 1. The Hall–Kier alpha value is -2.93. The van der Waals surface area contributed by atoms with Crippen LogP contribution < -0.4 is 5.32 Å². The summed E-state index contributed by atoms with van der Waals surface area (Å²) >= 11 is 1.54. The molecule has 2 aromatic heterocycles. The standard InChI is InChI=1S/C20H20N2O4S/c1-11-10-26-15(9-16(23)24)17(11)19(25)21-12(2)18-13(3)22-20(27-18)14-7-5-4-6-8-14/h4-8,10,12H,9H2,1-3H3,(H,21,25)(H,23,24). The highest BCUT2D eigenvalue weighted by Crippen LogP contribution is 2.32. The third kappa shape index (κ3) is 4.09. The molecule has 27 heavy (non-hydrogen) atoms. The molecule has 0 saturated carbocycles. The summed E-state index contributed by atoms with van der Waals surface area (Å²) in [6.45, 7) is 5.53. The average molecular weight is 384 g/mol. The topological polar surface area (TPSA) is 92.4 Å². The fourth-order valence-electron chi connectivity index (χ4n) is 2.92. The maximum Gasteiger partial charge on any atom is 0.311 e. The van der Waals surface area contributed by atoms with Crippen molar-refractivity contribution in [3.8, 4) is 10.6 Å². The van der Waals surface area contributed by atoms with Gasteiger partial charge in [0.2, 0.25) is 0 Å². The molecule has 1 amide bonds. The first kappa shape index (κ1) is 18.8. The van der Waals surface area contributed by atoms with Gasteiger partial charge in [-0.05, 0) is 20.8 Å². The first-order chi connectivity index (χ1) is 12.9. The van der Waals surface area contributed by atoms with E-state index in [0.29, 0.717) is 5.56 Å². The van der Waals surface area contributed by atoms with Gasteiger partial charge in [0.1, 0.15) is 17.2 Å². The van der Waals surface area contributed by atoms with Crippen LogP contribution in [0.2, 0.25) is 0 Å². The molecule has 0 spiro atoms. The number of rotatable bonds is 6. The molecule has 3 aromatic rings. The van der Waals surface area contributed by atoms with Crippen LogP contribution >= 0.6 is 11.3 Å². The molecule has 2 heterocycles. The number of aryl methyl sites for hydroxylation is 2. The van der Waals surface area contributed by atoms with E-state index < -0.39 is 5.97 Å². The summed E-state index contributed by atoms with van der Waals surface area (Å²) in [6, 6.07) is 9.61. The SMILES string of the molecule is Cc1coc(CC(=O)O)c1C(=O)NC(C)c1sc(-c2ccccc2)nc1C. The Bertz CT molecular complexity index is 975. The number of carbonyl (C=O) groups is 2. The fourth-order valence-corrected chi connectivity index (χ4v) is 3.99. The van der Waals surface area contributed by atoms with Crippen molar-refractivity contribution in [2.75, 3.05) is 0 Å². The predicted octanol–water partition coefficient (Wildman–Crippen LogP) is 4.14. The molecule has 0 aliphatic rings. The smallest absolute Gasteiger partial charge is 0.311 e. The molecular formula is C20H20N2O4S. The largest absolute Gasteiger partial charge is 0.481 e. The van der Waals surface area contributed by atoms with Crippen molar-refractivity contribution in [1.29, 1.82) is 0 Å². The number of carboxylic acid groups (broad SMARTS) is 1. The van der Waals surface area contributed by atoms with Crippen molar-refractivity contribution in [3.63, 3.8) is 0 Å². The first-order valence-electron chi connectivity index (χ1n) is 8.49. The number of thiazole rings is 1. The molecule has 0 fully saturated rings. The van der Waals surface area contributed by atoms with Crippen LogP contribution in [-0.2, 0) is 11.2 Å². The van der Waals surface area contributed by atoms with Gasteiger partial charge >= 0.3 is 5.97 Å². The summed E-state index contributed by atoms with van der Waals surface area (Å²) in [5.74, 6) is -1.23. The summed E-state index contributed by atoms with van der Waals surface area (Å²) in [5, 5.41) is 12.8. The number of benzene rings is 1. The van der Waals surface area contributed by atoms with Crippen LogP contribution in [0, 0.1) is 13.8 Å². The molecule has 0 aliphatic heterocycles. The summed E-state index contributed by atoms with van der Waals surface area (Å²) in [5.41, 5.74) is 2.79. The van der Waals surface area contributed by atoms with Crippen molar-refractivity contribution in [3.05, 3.63) is 64.1 Å². The lowest BCUT2D eigenvalue weighted by Gasteiger charge is -2.13. The van der Waals surface area contributed by atoms with Crippen LogP contribution in [0.5, 0.6) is 0 Å². The quantitative estimate of drug-likeness (QED) is 0.666. The zero-order chi connectivity index (χ0) is 19.6. The molecule has 1 unspecified atom stereocenters. The number of amides is 1. The van der Waals surface area contributed by atoms with E-state index in [0.717, 1.165) is 21.1 Å². The van der Waals surface area contributed by atoms with Crippen molar-refractivity contribution >= 4 is 23.2 Å². The second-order valence-electron chi connectivity index (χ2n) is 6.32. The fraction of sp³-hybridized carbons (Fsp3) is 0.250. The van der Waals surface area contributed by atoms with E-state index in [-0.39, 0.29) is 29.7 Å². The van der Waals surface area contributed by atoms with Crippen LogP contribution in [0.4, 0.5) is 0 Å². The third-order valence-electron chi connectivity index (χ3n) is 4.18. The number of nitrogens with one attached hydrogen (secondary N) is 1. The van der Waals surface area contributed by atoms with E-state index in [9.17, 15) is 9.59 Å². The Kier molecular flexibility index (Phi) is 5.41. The monoisotopic (exact) mass is 384 g/mol.